The molecule has 10 nitrogen and oxygen atoms in total. The van der Waals surface area contributed by atoms with Crippen LogP contribution < -0.4 is 5.32 Å². The van der Waals surface area contributed by atoms with E-state index in [4.69, 9.17) is 9.16 Å². The van der Waals surface area contributed by atoms with Gasteiger partial charge in [0.1, 0.15) is 24.6 Å². The number of aliphatic hydroxyl groups excluding tert-OH is 2. The van der Waals surface area contributed by atoms with Crippen LogP contribution in [0.4, 0.5) is 5.82 Å². The molecule has 0 spiro atoms. The SMILES string of the molecule is CC(C)(C)[Si](C)(C)O[C@@H]1[C@H](O)[C@@H](CO)O[C@H]1n1cnc2c(NC(=O)c3ccccc3)ncnc21. The van der Waals surface area contributed by atoms with Crippen LogP contribution in [-0.4, -0.2) is 68.9 Å². The van der Waals surface area contributed by atoms with Crippen LogP contribution in [0.5, 0.6) is 0 Å². The average molecular weight is 486 g/mol. The second-order valence-corrected chi connectivity index (χ2v) is 14.7. The van der Waals surface area contributed by atoms with Crippen LogP contribution in [0, 0.1) is 0 Å². The van der Waals surface area contributed by atoms with E-state index in [2.05, 4.69) is 54.1 Å². The van der Waals surface area contributed by atoms with Gasteiger partial charge in [-0.2, -0.15) is 0 Å². The number of carbonyl (C=O) groups excluding carboxylic acids is 1. The minimum atomic E-state index is -2.29. The van der Waals surface area contributed by atoms with Gasteiger partial charge in [0, 0.05) is 5.56 Å². The molecular formula is C23H31N5O5Si. The Morgan fingerprint density at radius 1 is 1.21 bits per heavy atom. The standard InChI is InChI=1S/C23H31N5O5Si/c1-23(2,3)34(4,5)33-18-17(30)15(11-29)32-22(18)28-13-26-16-19(24-12-25-20(16)28)27-21(31)14-9-7-6-8-10-14/h6-10,12-13,15,17-18,22,29-30H,11H2,1-5H3,(H,24,25,27,31)/t15-,17-,18-,22-/m1/s1. The van der Waals surface area contributed by atoms with E-state index >= 15 is 0 Å². The first-order chi connectivity index (χ1) is 16.0. The summed E-state index contributed by atoms with van der Waals surface area (Å²) in [5.74, 6) is -0.0566. The maximum atomic E-state index is 12.6. The molecule has 1 aliphatic rings. The fourth-order valence-corrected chi connectivity index (χ4v) is 4.93. The number of nitrogens with one attached hydrogen (secondary N) is 1. The number of benzene rings is 1. The zero-order valence-corrected chi connectivity index (χ0v) is 21.0. The fourth-order valence-electron chi connectivity index (χ4n) is 3.64. The number of aliphatic hydroxyl groups is 2. The van der Waals surface area contributed by atoms with Crippen LogP contribution in [-0.2, 0) is 9.16 Å². The van der Waals surface area contributed by atoms with Crippen molar-refractivity contribution in [3.05, 3.63) is 48.5 Å². The molecule has 0 radical (unpaired) electrons. The lowest BCUT2D eigenvalue weighted by molar-refractivity contribution is -0.0497. The lowest BCUT2D eigenvalue weighted by Gasteiger charge is -2.40. The molecule has 1 saturated heterocycles. The highest BCUT2D eigenvalue weighted by molar-refractivity contribution is 6.74. The van der Waals surface area contributed by atoms with Gasteiger partial charge in [0.05, 0.1) is 12.9 Å². The molecule has 11 heteroatoms. The Kier molecular flexibility index (Phi) is 6.58. The number of hydrogen-bond acceptors (Lipinski definition) is 8. The molecule has 4 atom stereocenters. The van der Waals surface area contributed by atoms with E-state index in [1.807, 2.05) is 6.07 Å². The lowest BCUT2D eigenvalue weighted by atomic mass is 10.1. The van der Waals surface area contributed by atoms with Crippen LogP contribution >= 0.6 is 0 Å². The summed E-state index contributed by atoms with van der Waals surface area (Å²) in [5.41, 5.74) is 1.28. The van der Waals surface area contributed by atoms with Gasteiger partial charge in [0.15, 0.2) is 31.5 Å². The summed E-state index contributed by atoms with van der Waals surface area (Å²) in [4.78, 5) is 25.6. The number of fused-ring (bicyclic) bond motifs is 1. The highest BCUT2D eigenvalue weighted by Crippen LogP contribution is 2.42. The van der Waals surface area contributed by atoms with Gasteiger partial charge < -0.3 is 24.7 Å². The summed E-state index contributed by atoms with van der Waals surface area (Å²) in [6.07, 6.45) is -0.472. The van der Waals surface area contributed by atoms with Crippen LogP contribution in [0.1, 0.15) is 37.4 Å². The number of rotatable bonds is 6. The summed E-state index contributed by atoms with van der Waals surface area (Å²) in [7, 11) is -2.29. The molecule has 0 bridgehead atoms. The van der Waals surface area contributed by atoms with Crippen molar-refractivity contribution < 1.29 is 24.2 Å². The third-order valence-corrected chi connectivity index (χ3v) is 11.1. The quantitative estimate of drug-likeness (QED) is 0.454. The predicted octanol–water partition coefficient (Wildman–Crippen LogP) is 2.72. The van der Waals surface area contributed by atoms with Crippen molar-refractivity contribution in [2.75, 3.05) is 11.9 Å². The number of nitrogens with zero attached hydrogens (tertiary/aromatic N) is 4. The Morgan fingerprint density at radius 2 is 1.91 bits per heavy atom. The van der Waals surface area contributed by atoms with Crippen LogP contribution in [0.15, 0.2) is 43.0 Å². The van der Waals surface area contributed by atoms with Crippen molar-refractivity contribution in [1.29, 1.82) is 0 Å². The van der Waals surface area contributed by atoms with Crippen molar-refractivity contribution in [3.8, 4) is 0 Å². The molecule has 3 N–H and O–H groups in total. The molecule has 1 fully saturated rings. The second-order valence-electron chi connectivity index (χ2n) is 9.95. The molecule has 3 aromatic rings. The summed E-state index contributed by atoms with van der Waals surface area (Å²) in [5, 5.41) is 23.4. The van der Waals surface area contributed by atoms with Gasteiger partial charge >= 0.3 is 0 Å². The zero-order valence-electron chi connectivity index (χ0n) is 20.0. The van der Waals surface area contributed by atoms with Crippen LogP contribution in [0.2, 0.25) is 18.1 Å². The summed E-state index contributed by atoms with van der Waals surface area (Å²) in [6.45, 7) is 10.2. The topological polar surface area (TPSA) is 132 Å². The number of amides is 1. The van der Waals surface area contributed by atoms with E-state index in [1.165, 1.54) is 12.7 Å². The largest absolute Gasteiger partial charge is 0.407 e. The Balaban J connectivity index is 1.68. The molecule has 0 saturated carbocycles. The molecule has 4 rings (SSSR count). The first-order valence-corrected chi connectivity index (χ1v) is 14.1. The third-order valence-electron chi connectivity index (χ3n) is 6.63. The fraction of sp³-hybridized carbons (Fsp3) is 0.478. The highest BCUT2D eigenvalue weighted by Gasteiger charge is 2.50. The van der Waals surface area contributed by atoms with Crippen molar-refractivity contribution in [3.63, 3.8) is 0 Å². The van der Waals surface area contributed by atoms with E-state index in [0.29, 0.717) is 16.7 Å². The highest BCUT2D eigenvalue weighted by atomic mass is 28.4. The third kappa shape index (κ3) is 4.49. The molecule has 1 amide bonds. The van der Waals surface area contributed by atoms with Crippen molar-refractivity contribution >= 4 is 31.2 Å². The van der Waals surface area contributed by atoms with E-state index in [1.54, 1.807) is 28.8 Å². The summed E-state index contributed by atoms with van der Waals surface area (Å²) < 4.78 is 14.2. The monoisotopic (exact) mass is 485 g/mol. The maximum Gasteiger partial charge on any atom is 0.256 e. The van der Waals surface area contributed by atoms with Gasteiger partial charge in [-0.05, 0) is 30.3 Å². The van der Waals surface area contributed by atoms with Gasteiger partial charge in [-0.25, -0.2) is 15.0 Å². The molecule has 1 aliphatic heterocycles. The van der Waals surface area contributed by atoms with E-state index in [-0.39, 0.29) is 23.4 Å². The summed E-state index contributed by atoms with van der Waals surface area (Å²) >= 11 is 0. The zero-order chi connectivity index (χ0) is 24.7. The normalized spacial score (nSPS) is 23.4. The van der Waals surface area contributed by atoms with E-state index < -0.39 is 32.9 Å². The second kappa shape index (κ2) is 9.15. The maximum absolute atomic E-state index is 12.6. The van der Waals surface area contributed by atoms with Crippen LogP contribution in [0.25, 0.3) is 11.2 Å². The van der Waals surface area contributed by atoms with Crippen molar-refractivity contribution in [1.82, 2.24) is 19.5 Å². The Morgan fingerprint density at radius 3 is 2.56 bits per heavy atom. The molecule has 0 aliphatic carbocycles. The summed E-state index contributed by atoms with van der Waals surface area (Å²) in [6, 6.07) is 8.80. The number of carbonyl (C=O) groups is 1. The van der Waals surface area contributed by atoms with Gasteiger partial charge in [0.25, 0.3) is 5.91 Å². The molecule has 34 heavy (non-hydrogen) atoms. The number of hydrogen-bond donors (Lipinski definition) is 3. The Labute approximate surface area is 199 Å². The van der Waals surface area contributed by atoms with Gasteiger partial charge in [-0.3, -0.25) is 9.36 Å². The first kappa shape index (κ1) is 24.4. The number of ether oxygens (including phenoxy) is 1. The van der Waals surface area contributed by atoms with Gasteiger partial charge in [-0.15, -0.1) is 0 Å². The molecule has 182 valence electrons. The smallest absolute Gasteiger partial charge is 0.256 e. The predicted molar refractivity (Wildman–Crippen MR) is 129 cm³/mol. The number of imidazole rings is 1. The molecule has 0 unspecified atom stereocenters. The average Bonchev–Trinajstić information content (AvgIpc) is 3.35. The number of aromatic nitrogens is 4. The van der Waals surface area contributed by atoms with E-state index in [9.17, 15) is 15.0 Å². The Hall–Kier alpha value is -2.70. The van der Waals surface area contributed by atoms with Crippen LogP contribution in [0.3, 0.4) is 0 Å². The van der Waals surface area contributed by atoms with E-state index in [0.717, 1.165) is 0 Å². The lowest BCUT2D eigenvalue weighted by Crippen LogP contribution is -2.48. The van der Waals surface area contributed by atoms with Crippen molar-refractivity contribution in [2.24, 2.45) is 0 Å². The molecule has 2 aromatic heterocycles. The van der Waals surface area contributed by atoms with Gasteiger partial charge in [0.2, 0.25) is 0 Å². The van der Waals surface area contributed by atoms with Crippen molar-refractivity contribution in [2.45, 2.75) is 63.4 Å². The minimum Gasteiger partial charge on any atom is -0.407 e. The number of anilines is 1. The first-order valence-electron chi connectivity index (χ1n) is 11.2. The van der Waals surface area contributed by atoms with Gasteiger partial charge in [-0.1, -0.05) is 39.0 Å². The molecular weight excluding hydrogens is 454 g/mol. The minimum absolute atomic E-state index is 0.0946. The molecule has 3 heterocycles. The molecule has 1 aromatic carbocycles. The Bertz CT molecular complexity index is 1160.